The predicted molar refractivity (Wildman–Crippen MR) is 106 cm³/mol. The van der Waals surface area contributed by atoms with Crippen molar-refractivity contribution < 1.29 is 17.9 Å². The number of sulfonamides is 1. The molecule has 0 bridgehead atoms. The van der Waals surface area contributed by atoms with Gasteiger partial charge in [-0.3, -0.25) is 4.79 Å². The van der Waals surface area contributed by atoms with Crippen LogP contribution in [0.3, 0.4) is 0 Å². The maximum absolute atomic E-state index is 12.4. The zero-order chi connectivity index (χ0) is 20.2. The molecule has 0 unspecified atom stereocenters. The van der Waals surface area contributed by atoms with E-state index in [0.29, 0.717) is 5.56 Å². The standard InChI is InChI=1S/C17H17Cl3N2O4S/c1-22(2)27(24,25)16-6-4-3-5-11(16)9-21-17(23)10-26-15-8-13(19)12(18)7-14(15)20/h3-8H,9-10H2,1-2H3,(H,21,23). The highest BCUT2D eigenvalue weighted by molar-refractivity contribution is 7.89. The summed E-state index contributed by atoms with van der Waals surface area (Å²) >= 11 is 17.7. The minimum atomic E-state index is -3.62. The number of carbonyl (C=O) groups is 1. The van der Waals surface area contributed by atoms with E-state index in [1.807, 2.05) is 0 Å². The Morgan fingerprint density at radius 2 is 1.70 bits per heavy atom. The average Bonchev–Trinajstić information content (AvgIpc) is 2.62. The van der Waals surface area contributed by atoms with Crippen LogP contribution in [-0.4, -0.2) is 39.3 Å². The van der Waals surface area contributed by atoms with Gasteiger partial charge in [0.05, 0.1) is 20.0 Å². The Bertz CT molecular complexity index is 949. The van der Waals surface area contributed by atoms with Crippen LogP contribution in [0.1, 0.15) is 5.56 Å². The van der Waals surface area contributed by atoms with E-state index in [-0.39, 0.29) is 38.9 Å². The fourth-order valence-electron chi connectivity index (χ4n) is 2.10. The number of benzene rings is 2. The third-order valence-corrected chi connectivity index (χ3v) is 6.47. The van der Waals surface area contributed by atoms with Crippen molar-refractivity contribution in [2.45, 2.75) is 11.4 Å². The lowest BCUT2D eigenvalue weighted by Crippen LogP contribution is -2.30. The van der Waals surface area contributed by atoms with E-state index in [1.54, 1.807) is 18.2 Å². The molecule has 0 spiro atoms. The second-order valence-corrected chi connectivity index (χ2v) is 9.00. The van der Waals surface area contributed by atoms with Crippen LogP contribution in [0, 0.1) is 0 Å². The molecule has 0 saturated carbocycles. The van der Waals surface area contributed by atoms with Gasteiger partial charge in [-0.15, -0.1) is 0 Å². The lowest BCUT2D eigenvalue weighted by atomic mass is 10.2. The molecule has 0 atom stereocenters. The van der Waals surface area contributed by atoms with E-state index >= 15 is 0 Å². The number of ether oxygens (including phenoxy) is 1. The van der Waals surface area contributed by atoms with E-state index in [0.717, 1.165) is 4.31 Å². The van der Waals surface area contributed by atoms with E-state index in [1.165, 1.54) is 32.3 Å². The molecular formula is C17H17Cl3N2O4S. The van der Waals surface area contributed by atoms with Crippen LogP contribution in [0.5, 0.6) is 5.75 Å². The van der Waals surface area contributed by atoms with Crippen molar-refractivity contribution in [3.63, 3.8) is 0 Å². The summed E-state index contributed by atoms with van der Waals surface area (Å²) in [4.78, 5) is 12.2. The van der Waals surface area contributed by atoms with Crippen molar-refractivity contribution >= 4 is 50.7 Å². The molecule has 0 radical (unpaired) electrons. The van der Waals surface area contributed by atoms with Crippen LogP contribution in [0.25, 0.3) is 0 Å². The number of hydrogen-bond acceptors (Lipinski definition) is 4. The molecule has 2 rings (SSSR count). The molecule has 27 heavy (non-hydrogen) atoms. The van der Waals surface area contributed by atoms with Gasteiger partial charge in [-0.2, -0.15) is 0 Å². The second kappa shape index (κ2) is 9.12. The molecule has 1 N–H and O–H groups in total. The summed E-state index contributed by atoms with van der Waals surface area (Å²) in [6.45, 7) is -0.291. The molecule has 0 aliphatic rings. The summed E-state index contributed by atoms with van der Waals surface area (Å²) in [6.07, 6.45) is 0. The van der Waals surface area contributed by atoms with Crippen LogP contribution in [0.15, 0.2) is 41.3 Å². The van der Waals surface area contributed by atoms with E-state index in [4.69, 9.17) is 39.5 Å². The number of carbonyl (C=O) groups excluding carboxylic acids is 1. The first-order valence-corrected chi connectivity index (χ1v) is 10.2. The van der Waals surface area contributed by atoms with E-state index in [2.05, 4.69) is 5.32 Å². The van der Waals surface area contributed by atoms with Gasteiger partial charge in [0, 0.05) is 26.7 Å². The first-order chi connectivity index (χ1) is 12.6. The summed E-state index contributed by atoms with van der Waals surface area (Å²) in [5, 5.41) is 3.36. The zero-order valence-electron chi connectivity index (χ0n) is 14.5. The number of rotatable bonds is 7. The monoisotopic (exact) mass is 450 g/mol. The van der Waals surface area contributed by atoms with Gasteiger partial charge in [0.2, 0.25) is 10.0 Å². The van der Waals surface area contributed by atoms with Crippen molar-refractivity contribution in [3.8, 4) is 5.75 Å². The van der Waals surface area contributed by atoms with Crippen molar-refractivity contribution in [3.05, 3.63) is 57.0 Å². The summed E-state index contributed by atoms with van der Waals surface area (Å²) in [6, 6.07) is 9.27. The molecule has 2 aromatic rings. The molecule has 2 aromatic carbocycles. The Labute approximate surface area is 173 Å². The third-order valence-electron chi connectivity index (χ3n) is 3.54. The largest absolute Gasteiger partial charge is 0.482 e. The second-order valence-electron chi connectivity index (χ2n) is 5.66. The quantitative estimate of drug-likeness (QED) is 0.653. The normalized spacial score (nSPS) is 11.5. The number of nitrogens with zero attached hydrogens (tertiary/aromatic N) is 1. The topological polar surface area (TPSA) is 75.7 Å². The Balaban J connectivity index is 2.02. The first kappa shape index (κ1) is 21.8. The molecule has 6 nitrogen and oxygen atoms in total. The highest BCUT2D eigenvalue weighted by atomic mass is 35.5. The zero-order valence-corrected chi connectivity index (χ0v) is 17.6. The maximum Gasteiger partial charge on any atom is 0.258 e. The van der Waals surface area contributed by atoms with Gasteiger partial charge in [-0.25, -0.2) is 12.7 Å². The van der Waals surface area contributed by atoms with Crippen molar-refractivity contribution in [2.24, 2.45) is 0 Å². The first-order valence-electron chi connectivity index (χ1n) is 7.67. The van der Waals surface area contributed by atoms with Gasteiger partial charge in [-0.1, -0.05) is 53.0 Å². The molecule has 0 aliphatic heterocycles. The molecule has 0 aliphatic carbocycles. The predicted octanol–water partition coefficient (Wildman–Crippen LogP) is 3.59. The van der Waals surface area contributed by atoms with Gasteiger partial charge >= 0.3 is 0 Å². The Hall–Kier alpha value is -1.51. The van der Waals surface area contributed by atoms with Crippen LogP contribution in [0.2, 0.25) is 15.1 Å². The Kier molecular flexibility index (Phi) is 7.36. The van der Waals surface area contributed by atoms with Crippen molar-refractivity contribution in [2.75, 3.05) is 20.7 Å². The van der Waals surface area contributed by atoms with Crippen LogP contribution in [-0.2, 0) is 21.4 Å². The minimum absolute atomic E-state index is 0.0283. The maximum atomic E-state index is 12.4. The molecule has 0 fully saturated rings. The summed E-state index contributed by atoms with van der Waals surface area (Å²) in [7, 11) is -0.731. The minimum Gasteiger partial charge on any atom is -0.482 e. The third kappa shape index (κ3) is 5.49. The van der Waals surface area contributed by atoms with E-state index in [9.17, 15) is 13.2 Å². The lowest BCUT2D eigenvalue weighted by Gasteiger charge is -2.15. The van der Waals surface area contributed by atoms with Gasteiger partial charge < -0.3 is 10.1 Å². The van der Waals surface area contributed by atoms with Crippen LogP contribution in [0.4, 0.5) is 0 Å². The fourth-order valence-corrected chi connectivity index (χ4v) is 3.81. The van der Waals surface area contributed by atoms with Crippen LogP contribution < -0.4 is 10.1 Å². The number of amides is 1. The molecular weight excluding hydrogens is 435 g/mol. The highest BCUT2D eigenvalue weighted by Crippen LogP contribution is 2.33. The summed E-state index contributed by atoms with van der Waals surface area (Å²) in [5.74, 6) is -0.231. The van der Waals surface area contributed by atoms with E-state index < -0.39 is 15.9 Å². The molecule has 146 valence electrons. The van der Waals surface area contributed by atoms with Crippen LogP contribution >= 0.6 is 34.8 Å². The SMILES string of the molecule is CN(C)S(=O)(=O)c1ccccc1CNC(=O)COc1cc(Cl)c(Cl)cc1Cl. The van der Waals surface area contributed by atoms with Crippen molar-refractivity contribution in [1.82, 2.24) is 9.62 Å². The van der Waals surface area contributed by atoms with Gasteiger partial charge in [0.1, 0.15) is 5.75 Å². The lowest BCUT2D eigenvalue weighted by molar-refractivity contribution is -0.123. The molecule has 1 amide bonds. The Morgan fingerprint density at radius 3 is 2.37 bits per heavy atom. The molecule has 0 aromatic heterocycles. The molecule has 0 saturated heterocycles. The van der Waals surface area contributed by atoms with Gasteiger partial charge in [0.15, 0.2) is 6.61 Å². The molecule has 0 heterocycles. The highest BCUT2D eigenvalue weighted by Gasteiger charge is 2.20. The Morgan fingerprint density at radius 1 is 1.07 bits per heavy atom. The summed E-state index contributed by atoms with van der Waals surface area (Å²) in [5.41, 5.74) is 0.465. The number of hydrogen-bond donors (Lipinski definition) is 1. The average molecular weight is 452 g/mol. The number of halogens is 3. The van der Waals surface area contributed by atoms with Crippen molar-refractivity contribution in [1.29, 1.82) is 0 Å². The fraction of sp³-hybridized carbons (Fsp3) is 0.235. The van der Waals surface area contributed by atoms with Gasteiger partial charge in [0.25, 0.3) is 5.91 Å². The number of nitrogens with one attached hydrogen (secondary N) is 1. The summed E-state index contributed by atoms with van der Waals surface area (Å²) < 4.78 is 31.2. The van der Waals surface area contributed by atoms with Gasteiger partial charge in [-0.05, 0) is 17.7 Å². The smallest absolute Gasteiger partial charge is 0.258 e. The molecule has 10 heteroatoms.